The first-order valence-electron chi connectivity index (χ1n) is 5.82. The van der Waals surface area contributed by atoms with Gasteiger partial charge in [0.15, 0.2) is 0 Å². The number of nitrogens with two attached hydrogens (primary N) is 1. The summed E-state index contributed by atoms with van der Waals surface area (Å²) in [5.41, 5.74) is 10.3. The summed E-state index contributed by atoms with van der Waals surface area (Å²) in [6.07, 6.45) is 4.88. The summed E-state index contributed by atoms with van der Waals surface area (Å²) in [4.78, 5) is 0. The quantitative estimate of drug-likeness (QED) is 0.854. The lowest BCUT2D eigenvalue weighted by atomic mass is 10.2. The minimum atomic E-state index is 0.560. The maximum absolute atomic E-state index is 5.71. The second-order valence-corrected chi connectivity index (χ2v) is 4.35. The van der Waals surface area contributed by atoms with E-state index >= 15 is 0 Å². The van der Waals surface area contributed by atoms with Crippen LogP contribution in [0.4, 0.5) is 0 Å². The first-order chi connectivity index (χ1) is 8.11. The largest absolute Gasteiger partial charge is 0.326 e. The van der Waals surface area contributed by atoms with Crippen molar-refractivity contribution in [2.45, 2.75) is 33.4 Å². The Kier molecular flexibility index (Phi) is 3.28. The molecule has 0 atom stereocenters. The van der Waals surface area contributed by atoms with Crippen LogP contribution in [0, 0.1) is 13.8 Å². The molecule has 2 rings (SSSR count). The van der Waals surface area contributed by atoms with Gasteiger partial charge in [0.1, 0.15) is 0 Å². The fraction of sp³-hybridized carbons (Fsp3) is 0.500. The molecule has 0 unspecified atom stereocenters. The number of aryl methyl sites for hydroxylation is 4. The van der Waals surface area contributed by atoms with Crippen LogP contribution in [0.3, 0.4) is 0 Å². The van der Waals surface area contributed by atoms with Crippen molar-refractivity contribution in [3.05, 3.63) is 34.9 Å². The second kappa shape index (κ2) is 4.71. The predicted octanol–water partition coefficient (Wildman–Crippen LogP) is 0.935. The number of hydrogen-bond donors (Lipinski definition) is 1. The summed E-state index contributed by atoms with van der Waals surface area (Å²) in [7, 11) is 1.93. The van der Waals surface area contributed by atoms with Crippen molar-refractivity contribution >= 4 is 0 Å². The van der Waals surface area contributed by atoms with Gasteiger partial charge in [0, 0.05) is 37.6 Å². The highest BCUT2D eigenvalue weighted by atomic mass is 15.3. The van der Waals surface area contributed by atoms with Crippen LogP contribution in [0.1, 0.15) is 22.5 Å². The molecule has 17 heavy (non-hydrogen) atoms. The van der Waals surface area contributed by atoms with Crippen LogP contribution in [0.15, 0.2) is 12.4 Å². The molecule has 92 valence electrons. The Morgan fingerprint density at radius 2 is 2.12 bits per heavy atom. The van der Waals surface area contributed by atoms with Crippen molar-refractivity contribution in [3.8, 4) is 0 Å². The van der Waals surface area contributed by atoms with E-state index in [1.54, 1.807) is 0 Å². The molecule has 0 saturated heterocycles. The van der Waals surface area contributed by atoms with Crippen LogP contribution >= 0.6 is 0 Å². The third kappa shape index (κ3) is 2.39. The molecular formula is C12H19N5. The monoisotopic (exact) mass is 233 g/mol. The molecule has 2 aromatic rings. The van der Waals surface area contributed by atoms with E-state index in [1.807, 2.05) is 35.7 Å². The number of nitrogens with zero attached hydrogens (tertiary/aromatic N) is 4. The Hall–Kier alpha value is -1.62. The molecule has 5 nitrogen and oxygen atoms in total. The van der Waals surface area contributed by atoms with Crippen molar-refractivity contribution in [1.29, 1.82) is 0 Å². The Labute approximate surface area is 101 Å². The lowest BCUT2D eigenvalue weighted by molar-refractivity contribution is 0.593. The van der Waals surface area contributed by atoms with Crippen molar-refractivity contribution in [1.82, 2.24) is 19.6 Å². The van der Waals surface area contributed by atoms with Crippen LogP contribution < -0.4 is 5.73 Å². The summed E-state index contributed by atoms with van der Waals surface area (Å²) < 4.78 is 3.85. The molecule has 0 aliphatic rings. The van der Waals surface area contributed by atoms with Gasteiger partial charge in [-0.3, -0.25) is 9.36 Å². The van der Waals surface area contributed by atoms with E-state index in [2.05, 4.69) is 17.1 Å². The summed E-state index contributed by atoms with van der Waals surface area (Å²) in [6, 6.07) is 0. The van der Waals surface area contributed by atoms with Crippen molar-refractivity contribution < 1.29 is 0 Å². The van der Waals surface area contributed by atoms with E-state index < -0.39 is 0 Å². The molecule has 0 bridgehead atoms. The molecule has 2 aromatic heterocycles. The van der Waals surface area contributed by atoms with Crippen molar-refractivity contribution in [3.63, 3.8) is 0 Å². The van der Waals surface area contributed by atoms with Crippen LogP contribution in [0.2, 0.25) is 0 Å². The SMILES string of the molecule is Cc1nn(CCc2cnn(C)c2)c(C)c1CN. The molecule has 2 heterocycles. The zero-order valence-electron chi connectivity index (χ0n) is 10.6. The van der Waals surface area contributed by atoms with Crippen LogP contribution in [0.25, 0.3) is 0 Å². The lowest BCUT2D eigenvalue weighted by Gasteiger charge is -2.03. The summed E-state index contributed by atoms with van der Waals surface area (Å²) in [5, 5.41) is 8.67. The molecule has 0 saturated carbocycles. The van der Waals surface area contributed by atoms with Gasteiger partial charge < -0.3 is 5.73 Å². The van der Waals surface area contributed by atoms with Gasteiger partial charge >= 0.3 is 0 Å². The van der Waals surface area contributed by atoms with Gasteiger partial charge in [-0.1, -0.05) is 0 Å². The van der Waals surface area contributed by atoms with E-state index in [0.29, 0.717) is 6.54 Å². The fourth-order valence-corrected chi connectivity index (χ4v) is 2.08. The van der Waals surface area contributed by atoms with E-state index in [0.717, 1.165) is 24.2 Å². The molecule has 0 aliphatic heterocycles. The van der Waals surface area contributed by atoms with E-state index in [9.17, 15) is 0 Å². The van der Waals surface area contributed by atoms with E-state index in [1.165, 1.54) is 11.3 Å². The van der Waals surface area contributed by atoms with Crippen LogP contribution in [-0.4, -0.2) is 19.6 Å². The summed E-state index contributed by atoms with van der Waals surface area (Å²) >= 11 is 0. The summed E-state index contributed by atoms with van der Waals surface area (Å²) in [5.74, 6) is 0. The molecule has 0 spiro atoms. The van der Waals surface area contributed by atoms with Crippen molar-refractivity contribution in [2.24, 2.45) is 12.8 Å². The molecular weight excluding hydrogens is 214 g/mol. The molecule has 2 N–H and O–H groups in total. The molecule has 0 aromatic carbocycles. The average Bonchev–Trinajstić information content (AvgIpc) is 2.81. The van der Waals surface area contributed by atoms with E-state index in [-0.39, 0.29) is 0 Å². The van der Waals surface area contributed by atoms with Gasteiger partial charge in [-0.2, -0.15) is 10.2 Å². The fourth-order valence-electron chi connectivity index (χ4n) is 2.08. The summed E-state index contributed by atoms with van der Waals surface area (Å²) in [6.45, 7) is 5.52. The molecule has 0 aliphatic carbocycles. The van der Waals surface area contributed by atoms with Crippen LogP contribution in [0.5, 0.6) is 0 Å². The molecule has 0 amide bonds. The second-order valence-electron chi connectivity index (χ2n) is 4.35. The highest BCUT2D eigenvalue weighted by molar-refractivity contribution is 5.24. The number of aromatic nitrogens is 4. The zero-order valence-corrected chi connectivity index (χ0v) is 10.6. The predicted molar refractivity (Wildman–Crippen MR) is 66.5 cm³/mol. The highest BCUT2D eigenvalue weighted by Crippen LogP contribution is 2.12. The molecule has 5 heteroatoms. The van der Waals surface area contributed by atoms with Gasteiger partial charge in [-0.15, -0.1) is 0 Å². The Morgan fingerprint density at radius 3 is 2.65 bits per heavy atom. The molecule has 0 radical (unpaired) electrons. The third-order valence-corrected chi connectivity index (χ3v) is 3.11. The highest BCUT2D eigenvalue weighted by Gasteiger charge is 2.09. The number of hydrogen-bond acceptors (Lipinski definition) is 3. The maximum Gasteiger partial charge on any atom is 0.0641 e. The average molecular weight is 233 g/mol. The van der Waals surface area contributed by atoms with Gasteiger partial charge in [-0.05, 0) is 25.8 Å². The smallest absolute Gasteiger partial charge is 0.0641 e. The van der Waals surface area contributed by atoms with E-state index in [4.69, 9.17) is 5.73 Å². The van der Waals surface area contributed by atoms with Gasteiger partial charge in [0.25, 0.3) is 0 Å². The first kappa shape index (κ1) is 11.9. The normalized spacial score (nSPS) is 11.1. The minimum Gasteiger partial charge on any atom is -0.326 e. The first-order valence-corrected chi connectivity index (χ1v) is 5.82. The molecule has 0 fully saturated rings. The standard InChI is InChI=1S/C12H19N5/c1-9-12(6-13)10(2)17(15-9)5-4-11-7-14-16(3)8-11/h7-8H,4-6,13H2,1-3H3. The van der Waals surface area contributed by atoms with Gasteiger partial charge in [-0.25, -0.2) is 0 Å². The third-order valence-electron chi connectivity index (χ3n) is 3.11. The van der Waals surface area contributed by atoms with Gasteiger partial charge in [0.05, 0.1) is 11.9 Å². The Balaban J connectivity index is 2.09. The van der Waals surface area contributed by atoms with Gasteiger partial charge in [0.2, 0.25) is 0 Å². The Bertz CT molecular complexity index is 509. The lowest BCUT2D eigenvalue weighted by Crippen LogP contribution is -2.06. The topological polar surface area (TPSA) is 61.7 Å². The minimum absolute atomic E-state index is 0.560. The zero-order chi connectivity index (χ0) is 12.4. The maximum atomic E-state index is 5.71. The number of rotatable bonds is 4. The van der Waals surface area contributed by atoms with Crippen LogP contribution in [-0.2, 0) is 26.6 Å². The van der Waals surface area contributed by atoms with Crippen molar-refractivity contribution in [2.75, 3.05) is 0 Å². The Morgan fingerprint density at radius 1 is 1.35 bits per heavy atom.